The van der Waals surface area contributed by atoms with Crippen LogP contribution in [0.2, 0.25) is 0 Å². The van der Waals surface area contributed by atoms with E-state index in [1.54, 1.807) is 0 Å². The first-order valence-electron chi connectivity index (χ1n) is 7.02. The number of hydrogen-bond donors (Lipinski definition) is 0. The van der Waals surface area contributed by atoms with Crippen LogP contribution >= 0.6 is 10.3 Å². The number of non-ortho nitro benzene ring substituents is 1. The van der Waals surface area contributed by atoms with Gasteiger partial charge in [-0.1, -0.05) is 18.2 Å². The number of nitro groups is 1. The topological polar surface area (TPSA) is 86.5 Å². The van der Waals surface area contributed by atoms with Crippen molar-refractivity contribution in [1.82, 2.24) is 0 Å². The molecule has 1 aliphatic heterocycles. The molecule has 1 atom stereocenters. The molecule has 0 saturated carbocycles. The van der Waals surface area contributed by atoms with Gasteiger partial charge in [-0.3, -0.25) is 10.1 Å². The van der Waals surface area contributed by atoms with E-state index >= 15 is 0 Å². The zero-order valence-corrected chi connectivity index (χ0v) is 14.7. The summed E-state index contributed by atoms with van der Waals surface area (Å²) in [6.07, 6.45) is 0. The molecular formula is C14H7F6NO5S2. The second-order valence-electron chi connectivity index (χ2n) is 5.40. The highest BCUT2D eigenvalue weighted by molar-refractivity contribution is 8.34. The number of halogens is 6. The van der Waals surface area contributed by atoms with Gasteiger partial charge in [0.05, 0.1) is 4.92 Å². The van der Waals surface area contributed by atoms with Crippen LogP contribution in [0.1, 0.15) is 0 Å². The summed E-state index contributed by atoms with van der Waals surface area (Å²) in [5.41, 5.74) is -13.0. The molecular weight excluding hydrogens is 440 g/mol. The minimum Gasteiger partial charge on any atom is -0.258 e. The normalized spacial score (nSPS) is 21.5. The number of nitro benzene ring substituents is 1. The molecule has 0 aliphatic carbocycles. The SMILES string of the molecule is O=[N+]([O-])c1ccc2c(c1)-c1ccccc1S2(OS(=O)(=O)C(F)(F)F)C(F)(F)F. The van der Waals surface area contributed by atoms with Crippen LogP contribution in [0.3, 0.4) is 0 Å². The Labute approximate surface area is 154 Å². The summed E-state index contributed by atoms with van der Waals surface area (Å²) in [7, 11) is -11.9. The molecule has 0 bridgehead atoms. The largest absolute Gasteiger partial charge is 0.523 e. The Morgan fingerprint density at radius 2 is 1.50 bits per heavy atom. The van der Waals surface area contributed by atoms with Gasteiger partial charge in [-0.15, -0.1) is 0 Å². The summed E-state index contributed by atoms with van der Waals surface area (Å²) in [4.78, 5) is 8.28. The molecule has 0 saturated heterocycles. The highest BCUT2D eigenvalue weighted by atomic mass is 32.3. The van der Waals surface area contributed by atoms with Crippen molar-refractivity contribution in [3.63, 3.8) is 0 Å². The van der Waals surface area contributed by atoms with Gasteiger partial charge in [-0.2, -0.15) is 38.4 Å². The van der Waals surface area contributed by atoms with Gasteiger partial charge in [-0.05, 0) is 17.7 Å². The molecule has 0 spiro atoms. The van der Waals surface area contributed by atoms with E-state index in [0.29, 0.717) is 12.1 Å². The number of nitrogens with zero attached hydrogens (tertiary/aromatic N) is 1. The Hall–Kier alpha value is -2.32. The summed E-state index contributed by atoms with van der Waals surface area (Å²) in [5.74, 6) is 0. The molecule has 1 unspecified atom stereocenters. The van der Waals surface area contributed by atoms with E-state index in [9.17, 15) is 44.9 Å². The second kappa shape index (κ2) is 6.09. The first-order valence-corrected chi connectivity index (χ1v) is 9.99. The Bertz CT molecular complexity index is 1080. The Morgan fingerprint density at radius 1 is 0.929 bits per heavy atom. The maximum Gasteiger partial charge on any atom is 0.523 e. The highest BCUT2D eigenvalue weighted by Crippen LogP contribution is 2.80. The van der Waals surface area contributed by atoms with Gasteiger partial charge in [0.2, 0.25) is 0 Å². The number of hydrogen-bond acceptors (Lipinski definition) is 5. The van der Waals surface area contributed by atoms with Gasteiger partial charge in [0.15, 0.2) is 0 Å². The van der Waals surface area contributed by atoms with Gasteiger partial charge >= 0.3 is 21.1 Å². The Balaban J connectivity index is 2.41. The molecule has 2 aromatic rings. The summed E-state index contributed by atoms with van der Waals surface area (Å²) >= 11 is 0. The zero-order valence-electron chi connectivity index (χ0n) is 13.1. The van der Waals surface area contributed by atoms with E-state index in [1.807, 2.05) is 0 Å². The van der Waals surface area contributed by atoms with Crippen molar-refractivity contribution < 1.29 is 43.3 Å². The third-order valence-electron chi connectivity index (χ3n) is 3.77. The van der Waals surface area contributed by atoms with Crippen molar-refractivity contribution in [2.75, 3.05) is 0 Å². The molecule has 14 heteroatoms. The smallest absolute Gasteiger partial charge is 0.258 e. The van der Waals surface area contributed by atoms with Gasteiger partial charge < -0.3 is 0 Å². The first kappa shape index (κ1) is 20.4. The van der Waals surface area contributed by atoms with E-state index in [2.05, 4.69) is 3.63 Å². The van der Waals surface area contributed by atoms with Crippen LogP contribution in [0.4, 0.5) is 32.0 Å². The summed E-state index contributed by atoms with van der Waals surface area (Å²) in [5, 5.41) is 10.9. The van der Waals surface area contributed by atoms with Crippen molar-refractivity contribution >= 4 is 26.1 Å². The van der Waals surface area contributed by atoms with Crippen molar-refractivity contribution in [3.05, 3.63) is 52.6 Å². The maximum atomic E-state index is 14.1. The van der Waals surface area contributed by atoms with Crippen molar-refractivity contribution in [2.24, 2.45) is 0 Å². The third-order valence-corrected chi connectivity index (χ3v) is 8.47. The summed E-state index contributed by atoms with van der Waals surface area (Å²) in [6.45, 7) is 0. The van der Waals surface area contributed by atoms with Gasteiger partial charge in [0.1, 0.15) is 0 Å². The minimum atomic E-state index is -6.65. The van der Waals surface area contributed by atoms with E-state index < -0.39 is 57.4 Å². The molecule has 0 N–H and O–H groups in total. The summed E-state index contributed by atoms with van der Waals surface area (Å²) < 4.78 is 108. The van der Waals surface area contributed by atoms with Crippen LogP contribution in [-0.4, -0.2) is 24.4 Å². The second-order valence-corrected chi connectivity index (χ2v) is 9.77. The average molecular weight is 447 g/mol. The Morgan fingerprint density at radius 3 is 2.04 bits per heavy atom. The molecule has 1 heterocycles. The van der Waals surface area contributed by atoms with Gasteiger partial charge in [0.25, 0.3) is 5.69 Å². The first-order chi connectivity index (χ1) is 12.7. The minimum absolute atomic E-state index is 0.300. The van der Waals surface area contributed by atoms with Gasteiger partial charge in [0, 0.05) is 37.8 Å². The molecule has 6 nitrogen and oxygen atoms in total. The fourth-order valence-electron chi connectivity index (χ4n) is 2.69. The number of fused-ring (bicyclic) bond motifs is 3. The Kier molecular flexibility index (Phi) is 4.44. The molecule has 1 aliphatic rings. The number of rotatable bonds is 3. The van der Waals surface area contributed by atoms with Crippen LogP contribution in [0.25, 0.3) is 11.1 Å². The van der Waals surface area contributed by atoms with Crippen LogP contribution in [0.5, 0.6) is 0 Å². The predicted octanol–water partition coefficient (Wildman–Crippen LogP) is 5.10. The van der Waals surface area contributed by atoms with Crippen LogP contribution in [0, 0.1) is 10.1 Å². The predicted molar refractivity (Wildman–Crippen MR) is 84.8 cm³/mol. The number of alkyl halides is 6. The average Bonchev–Trinajstić information content (AvgIpc) is 2.84. The highest BCUT2D eigenvalue weighted by Gasteiger charge is 2.64. The molecule has 0 aromatic heterocycles. The molecule has 0 radical (unpaired) electrons. The zero-order chi connectivity index (χ0) is 21.1. The van der Waals surface area contributed by atoms with Crippen molar-refractivity contribution in [3.8, 4) is 11.1 Å². The lowest BCUT2D eigenvalue weighted by atomic mass is 10.1. The van der Waals surface area contributed by atoms with Crippen LogP contribution < -0.4 is 0 Å². The molecule has 2 aromatic carbocycles. The van der Waals surface area contributed by atoms with E-state index in [0.717, 1.165) is 24.3 Å². The lowest BCUT2D eigenvalue weighted by molar-refractivity contribution is -0.384. The molecule has 0 amide bonds. The van der Waals surface area contributed by atoms with Crippen LogP contribution in [0.15, 0.2) is 52.3 Å². The third kappa shape index (κ3) is 2.82. The van der Waals surface area contributed by atoms with Crippen molar-refractivity contribution in [1.29, 1.82) is 0 Å². The fourth-order valence-corrected chi connectivity index (χ4v) is 7.20. The van der Waals surface area contributed by atoms with Gasteiger partial charge in [-0.25, -0.2) is 0 Å². The standard InChI is InChI=1S/C14H7F6NO5S2/c15-13(16,17)27(26-28(24,25)14(18,19)20)11-4-2-1-3-9(11)10-7-8(21(22)23)5-6-12(10)27/h1-7H. The fraction of sp³-hybridized carbons (Fsp3) is 0.143. The van der Waals surface area contributed by atoms with E-state index in [1.165, 1.54) is 6.07 Å². The number of benzene rings is 2. The van der Waals surface area contributed by atoms with E-state index in [4.69, 9.17) is 0 Å². The molecule has 152 valence electrons. The monoisotopic (exact) mass is 447 g/mol. The lowest BCUT2D eigenvalue weighted by Crippen LogP contribution is -2.31. The molecule has 28 heavy (non-hydrogen) atoms. The van der Waals surface area contributed by atoms with Crippen molar-refractivity contribution in [2.45, 2.75) is 20.8 Å². The molecule has 3 rings (SSSR count). The lowest BCUT2D eigenvalue weighted by Gasteiger charge is -2.37. The molecule has 0 fully saturated rings. The van der Waals surface area contributed by atoms with E-state index in [-0.39, 0.29) is 5.56 Å². The quantitative estimate of drug-likeness (QED) is 0.283. The maximum absolute atomic E-state index is 14.1. The summed E-state index contributed by atoms with van der Waals surface area (Å²) in [6, 6.07) is 6.14. The van der Waals surface area contributed by atoms with Crippen LogP contribution in [-0.2, 0) is 13.7 Å².